The average Bonchev–Trinajstić information content (AvgIpc) is 2.53. The van der Waals surface area contributed by atoms with E-state index in [4.69, 9.17) is 9.47 Å². The number of hydrogen-bond acceptors (Lipinski definition) is 6. The number of benzene rings is 1. The summed E-state index contributed by atoms with van der Waals surface area (Å²) in [6.45, 7) is 6.74. The van der Waals surface area contributed by atoms with Gasteiger partial charge in [-0.05, 0) is 26.0 Å². The van der Waals surface area contributed by atoms with Crippen LogP contribution >= 0.6 is 0 Å². The Hall–Kier alpha value is -3.03. The van der Waals surface area contributed by atoms with Crippen LogP contribution in [-0.4, -0.2) is 36.4 Å². The zero-order valence-electron chi connectivity index (χ0n) is 12.9. The number of nitrogens with zero attached hydrogens (tertiary/aromatic N) is 1. The van der Waals surface area contributed by atoms with E-state index in [1.807, 2.05) is 0 Å². The minimum absolute atomic E-state index is 0.0425. The van der Waals surface area contributed by atoms with Gasteiger partial charge in [0.2, 0.25) is 0 Å². The van der Waals surface area contributed by atoms with E-state index in [2.05, 4.69) is 16.7 Å². The Kier molecular flexibility index (Phi) is 7.12. The molecule has 1 aromatic rings. The molecule has 2 amide bonds. The quantitative estimate of drug-likeness (QED) is 0.387. The number of rotatable bonds is 5. The zero-order valence-corrected chi connectivity index (χ0v) is 12.9. The third kappa shape index (κ3) is 5.70. The molecule has 1 N–H and O–H groups in total. The van der Waals surface area contributed by atoms with Crippen LogP contribution in [0.5, 0.6) is 5.75 Å². The molecule has 0 saturated heterocycles. The first-order valence-electron chi connectivity index (χ1n) is 6.86. The summed E-state index contributed by atoms with van der Waals surface area (Å²) < 4.78 is 14.5. The van der Waals surface area contributed by atoms with E-state index in [-0.39, 0.29) is 19.0 Å². The van der Waals surface area contributed by atoms with Gasteiger partial charge in [-0.3, -0.25) is 0 Å². The van der Waals surface area contributed by atoms with Crippen LogP contribution in [0.2, 0.25) is 0 Å². The monoisotopic (exact) mass is 322 g/mol. The highest BCUT2D eigenvalue weighted by atomic mass is 16.6. The van der Waals surface area contributed by atoms with Crippen molar-refractivity contribution >= 4 is 18.2 Å². The van der Waals surface area contributed by atoms with Gasteiger partial charge in [-0.1, -0.05) is 24.8 Å². The SMILES string of the molecule is C=C(C(=O)Oc1ccccc1)N(NC(=O)OCC)C(=O)OCC. The summed E-state index contributed by atoms with van der Waals surface area (Å²) in [5.41, 5.74) is 1.64. The van der Waals surface area contributed by atoms with Crippen molar-refractivity contribution in [3.8, 4) is 5.75 Å². The summed E-state index contributed by atoms with van der Waals surface area (Å²) in [6, 6.07) is 8.20. The van der Waals surface area contributed by atoms with Gasteiger partial charge < -0.3 is 14.2 Å². The molecule has 0 aromatic heterocycles. The summed E-state index contributed by atoms with van der Waals surface area (Å²) in [7, 11) is 0. The maximum absolute atomic E-state index is 12.0. The molecular formula is C15H18N2O6. The minimum atomic E-state index is -0.990. The lowest BCUT2D eigenvalue weighted by atomic mass is 10.3. The first-order valence-corrected chi connectivity index (χ1v) is 6.86. The number of nitrogens with one attached hydrogen (secondary N) is 1. The van der Waals surface area contributed by atoms with Gasteiger partial charge >= 0.3 is 18.2 Å². The Bertz CT molecular complexity index is 573. The number of hydrogen-bond donors (Lipinski definition) is 1. The van der Waals surface area contributed by atoms with Crippen molar-refractivity contribution in [3.05, 3.63) is 42.6 Å². The highest BCUT2D eigenvalue weighted by Gasteiger charge is 2.27. The Morgan fingerprint density at radius 2 is 1.70 bits per heavy atom. The molecule has 8 heteroatoms. The van der Waals surface area contributed by atoms with Crippen LogP contribution in [0.1, 0.15) is 13.8 Å². The molecule has 23 heavy (non-hydrogen) atoms. The van der Waals surface area contributed by atoms with Gasteiger partial charge in [-0.25, -0.2) is 19.8 Å². The number of hydrazine groups is 1. The van der Waals surface area contributed by atoms with Crippen molar-refractivity contribution < 1.29 is 28.6 Å². The molecule has 8 nitrogen and oxygen atoms in total. The molecule has 0 unspecified atom stereocenters. The second-order valence-electron chi connectivity index (χ2n) is 4.02. The Labute approximate surface area is 133 Å². The topological polar surface area (TPSA) is 94.2 Å². The number of amides is 2. The lowest BCUT2D eigenvalue weighted by molar-refractivity contribution is -0.132. The van der Waals surface area contributed by atoms with Crippen molar-refractivity contribution in [3.63, 3.8) is 0 Å². The summed E-state index contributed by atoms with van der Waals surface area (Å²) in [5, 5.41) is 0.534. The van der Waals surface area contributed by atoms with Crippen LogP contribution in [0.3, 0.4) is 0 Å². The third-order valence-corrected chi connectivity index (χ3v) is 2.39. The summed E-state index contributed by atoms with van der Waals surface area (Å²) in [4.78, 5) is 35.4. The fourth-order valence-corrected chi connectivity index (χ4v) is 1.41. The average molecular weight is 322 g/mol. The molecule has 0 atom stereocenters. The van der Waals surface area contributed by atoms with Gasteiger partial charge in [0, 0.05) is 0 Å². The standard InChI is InChI=1S/C15H18N2O6/c1-4-21-14(19)16-17(15(20)22-5-2)11(3)13(18)23-12-9-7-6-8-10-12/h6-10H,3-5H2,1-2H3,(H,16,19). The van der Waals surface area contributed by atoms with Gasteiger partial charge in [-0.2, -0.15) is 5.01 Å². The molecule has 0 spiro atoms. The number of carbonyl (C=O) groups is 3. The maximum Gasteiger partial charge on any atom is 0.433 e. The predicted molar refractivity (Wildman–Crippen MR) is 80.2 cm³/mol. The molecule has 1 aromatic carbocycles. The number of para-hydroxylation sites is 1. The lowest BCUT2D eigenvalue weighted by Gasteiger charge is -2.22. The van der Waals surface area contributed by atoms with Crippen LogP contribution in [-0.2, 0) is 14.3 Å². The Morgan fingerprint density at radius 1 is 1.09 bits per heavy atom. The number of ether oxygens (including phenoxy) is 3. The van der Waals surface area contributed by atoms with E-state index < -0.39 is 23.9 Å². The second kappa shape index (κ2) is 9.08. The Balaban J connectivity index is 2.82. The highest BCUT2D eigenvalue weighted by Crippen LogP contribution is 2.12. The second-order valence-corrected chi connectivity index (χ2v) is 4.02. The van der Waals surface area contributed by atoms with E-state index in [0.717, 1.165) is 0 Å². The zero-order chi connectivity index (χ0) is 17.2. The lowest BCUT2D eigenvalue weighted by Crippen LogP contribution is -2.48. The molecule has 0 saturated carbocycles. The van der Waals surface area contributed by atoms with E-state index >= 15 is 0 Å². The maximum atomic E-state index is 12.0. The van der Waals surface area contributed by atoms with E-state index in [0.29, 0.717) is 5.01 Å². The van der Waals surface area contributed by atoms with Crippen LogP contribution in [0.25, 0.3) is 0 Å². The number of esters is 1. The van der Waals surface area contributed by atoms with Gasteiger partial charge in [-0.15, -0.1) is 0 Å². The molecule has 0 bridgehead atoms. The van der Waals surface area contributed by atoms with E-state index in [1.54, 1.807) is 44.2 Å². The Morgan fingerprint density at radius 3 is 2.26 bits per heavy atom. The van der Waals surface area contributed by atoms with Crippen molar-refractivity contribution in [2.75, 3.05) is 13.2 Å². The van der Waals surface area contributed by atoms with Crippen molar-refractivity contribution in [2.45, 2.75) is 13.8 Å². The highest BCUT2D eigenvalue weighted by molar-refractivity contribution is 5.93. The molecule has 124 valence electrons. The van der Waals surface area contributed by atoms with E-state index in [9.17, 15) is 14.4 Å². The van der Waals surface area contributed by atoms with Crippen LogP contribution < -0.4 is 10.2 Å². The van der Waals surface area contributed by atoms with Gasteiger partial charge in [0.15, 0.2) is 0 Å². The van der Waals surface area contributed by atoms with Crippen molar-refractivity contribution in [2.24, 2.45) is 0 Å². The van der Waals surface area contributed by atoms with Crippen molar-refractivity contribution in [1.29, 1.82) is 0 Å². The normalized spacial score (nSPS) is 9.48. The molecule has 0 radical (unpaired) electrons. The summed E-state index contributed by atoms with van der Waals surface area (Å²) in [6.07, 6.45) is -1.93. The molecule has 0 aliphatic rings. The first-order chi connectivity index (χ1) is 11.0. The first kappa shape index (κ1) is 18.0. The van der Waals surface area contributed by atoms with Crippen LogP contribution in [0.15, 0.2) is 42.6 Å². The van der Waals surface area contributed by atoms with E-state index in [1.165, 1.54) is 0 Å². The fraction of sp³-hybridized carbons (Fsp3) is 0.267. The minimum Gasteiger partial charge on any atom is -0.449 e. The third-order valence-electron chi connectivity index (χ3n) is 2.39. The molecule has 0 aliphatic heterocycles. The van der Waals surface area contributed by atoms with Gasteiger partial charge in [0.1, 0.15) is 11.4 Å². The van der Waals surface area contributed by atoms with Crippen LogP contribution in [0, 0.1) is 0 Å². The molecule has 1 rings (SSSR count). The van der Waals surface area contributed by atoms with Gasteiger partial charge in [0.25, 0.3) is 0 Å². The largest absolute Gasteiger partial charge is 0.449 e. The number of carbonyl (C=O) groups excluding carboxylic acids is 3. The smallest absolute Gasteiger partial charge is 0.433 e. The molecule has 0 fully saturated rings. The van der Waals surface area contributed by atoms with Crippen LogP contribution in [0.4, 0.5) is 9.59 Å². The van der Waals surface area contributed by atoms with Crippen molar-refractivity contribution in [1.82, 2.24) is 10.4 Å². The summed E-state index contributed by atoms with van der Waals surface area (Å²) >= 11 is 0. The van der Waals surface area contributed by atoms with Gasteiger partial charge in [0.05, 0.1) is 13.2 Å². The molecule has 0 heterocycles. The molecular weight excluding hydrogens is 304 g/mol. The summed E-state index contributed by atoms with van der Waals surface area (Å²) in [5.74, 6) is -0.667. The fourth-order valence-electron chi connectivity index (χ4n) is 1.41. The predicted octanol–water partition coefficient (Wildman–Crippen LogP) is 2.23. The molecule has 0 aliphatic carbocycles.